The summed E-state index contributed by atoms with van der Waals surface area (Å²) in [5.74, 6) is 0.703. The van der Waals surface area contributed by atoms with E-state index in [1.54, 1.807) is 0 Å². The van der Waals surface area contributed by atoms with Gasteiger partial charge in [0, 0.05) is 18.5 Å². The van der Waals surface area contributed by atoms with E-state index in [2.05, 4.69) is 15.3 Å². The molecule has 0 unspecified atom stereocenters. The number of para-hydroxylation sites is 1. The molecular formula is C14H15ClN4O. The zero-order valence-corrected chi connectivity index (χ0v) is 11.7. The Kier molecular flexibility index (Phi) is 3.69. The van der Waals surface area contributed by atoms with Gasteiger partial charge in [0.15, 0.2) is 0 Å². The minimum atomic E-state index is 0.0984. The number of nitrogens with zero attached hydrogens (tertiary/aromatic N) is 3. The molecule has 0 atom stereocenters. The second-order valence-electron chi connectivity index (χ2n) is 4.80. The SMILES string of the molecule is O=C(CNc1nc(Cl)nc2ccccc12)N1CCCC1. The molecule has 0 bridgehead atoms. The van der Waals surface area contributed by atoms with E-state index >= 15 is 0 Å². The second-order valence-corrected chi connectivity index (χ2v) is 5.14. The molecule has 1 amide bonds. The maximum Gasteiger partial charge on any atom is 0.241 e. The number of aromatic nitrogens is 2. The number of fused-ring (bicyclic) bond motifs is 1. The summed E-state index contributed by atoms with van der Waals surface area (Å²) in [6, 6.07) is 7.59. The number of carbonyl (C=O) groups excluding carboxylic acids is 1. The van der Waals surface area contributed by atoms with Gasteiger partial charge in [0.25, 0.3) is 0 Å². The van der Waals surface area contributed by atoms with Crippen molar-refractivity contribution in [1.82, 2.24) is 14.9 Å². The van der Waals surface area contributed by atoms with Crippen molar-refractivity contribution >= 4 is 34.2 Å². The molecule has 3 rings (SSSR count). The number of likely N-dealkylation sites (tertiary alicyclic amines) is 1. The lowest BCUT2D eigenvalue weighted by Gasteiger charge is -2.16. The minimum Gasteiger partial charge on any atom is -0.360 e. The zero-order valence-electron chi connectivity index (χ0n) is 11.0. The first-order chi connectivity index (χ1) is 9.74. The number of benzene rings is 1. The predicted octanol–water partition coefficient (Wildman–Crippen LogP) is 2.32. The Bertz CT molecular complexity index is 640. The summed E-state index contributed by atoms with van der Waals surface area (Å²) in [6.07, 6.45) is 2.18. The van der Waals surface area contributed by atoms with E-state index in [-0.39, 0.29) is 17.7 Å². The lowest BCUT2D eigenvalue weighted by Crippen LogP contribution is -2.33. The van der Waals surface area contributed by atoms with Crippen LogP contribution in [-0.2, 0) is 4.79 Å². The normalized spacial score (nSPS) is 14.8. The van der Waals surface area contributed by atoms with E-state index < -0.39 is 0 Å². The predicted molar refractivity (Wildman–Crippen MR) is 78.9 cm³/mol. The highest BCUT2D eigenvalue weighted by Crippen LogP contribution is 2.21. The van der Waals surface area contributed by atoms with Crippen LogP contribution in [0.1, 0.15) is 12.8 Å². The highest BCUT2D eigenvalue weighted by Gasteiger charge is 2.17. The molecule has 0 spiro atoms. The van der Waals surface area contributed by atoms with Gasteiger partial charge in [0.1, 0.15) is 5.82 Å². The van der Waals surface area contributed by atoms with Crippen LogP contribution in [0, 0.1) is 0 Å². The first kappa shape index (κ1) is 13.1. The van der Waals surface area contributed by atoms with Crippen LogP contribution >= 0.6 is 11.6 Å². The van der Waals surface area contributed by atoms with Crippen molar-refractivity contribution in [3.63, 3.8) is 0 Å². The Morgan fingerprint density at radius 3 is 2.80 bits per heavy atom. The summed E-state index contributed by atoms with van der Waals surface area (Å²) >= 11 is 5.91. The number of rotatable bonds is 3. The molecule has 1 N–H and O–H groups in total. The highest BCUT2D eigenvalue weighted by molar-refractivity contribution is 6.28. The molecule has 1 aliphatic heterocycles. The average molecular weight is 291 g/mol. The first-order valence-electron chi connectivity index (χ1n) is 6.68. The first-order valence-corrected chi connectivity index (χ1v) is 7.06. The van der Waals surface area contributed by atoms with Crippen LogP contribution in [0.2, 0.25) is 5.28 Å². The van der Waals surface area contributed by atoms with Crippen molar-refractivity contribution in [2.24, 2.45) is 0 Å². The van der Waals surface area contributed by atoms with Crippen LogP contribution in [-0.4, -0.2) is 40.4 Å². The third-order valence-corrected chi connectivity index (χ3v) is 3.61. The Balaban J connectivity index is 1.78. The Labute approximate surface area is 122 Å². The van der Waals surface area contributed by atoms with Crippen LogP contribution in [0.25, 0.3) is 10.9 Å². The van der Waals surface area contributed by atoms with Gasteiger partial charge in [-0.1, -0.05) is 12.1 Å². The van der Waals surface area contributed by atoms with Gasteiger partial charge in [-0.2, -0.15) is 0 Å². The van der Waals surface area contributed by atoms with Gasteiger partial charge in [-0.25, -0.2) is 9.97 Å². The molecule has 1 aromatic heterocycles. The summed E-state index contributed by atoms with van der Waals surface area (Å²) in [5, 5.41) is 4.13. The molecule has 1 saturated heterocycles. The Morgan fingerprint density at radius 2 is 2.00 bits per heavy atom. The quantitative estimate of drug-likeness (QED) is 0.882. The molecule has 20 heavy (non-hydrogen) atoms. The fourth-order valence-corrected chi connectivity index (χ4v) is 2.60. The monoisotopic (exact) mass is 290 g/mol. The van der Waals surface area contributed by atoms with Crippen LogP contribution in [0.4, 0.5) is 5.82 Å². The van der Waals surface area contributed by atoms with Crippen molar-refractivity contribution in [3.05, 3.63) is 29.5 Å². The summed E-state index contributed by atoms with van der Waals surface area (Å²) in [4.78, 5) is 22.2. The number of nitrogens with one attached hydrogen (secondary N) is 1. The Morgan fingerprint density at radius 1 is 1.25 bits per heavy atom. The maximum absolute atomic E-state index is 12.0. The average Bonchev–Trinajstić information content (AvgIpc) is 2.98. The van der Waals surface area contributed by atoms with Crippen LogP contribution < -0.4 is 5.32 Å². The van der Waals surface area contributed by atoms with Gasteiger partial charge in [-0.05, 0) is 36.6 Å². The summed E-state index contributed by atoms with van der Waals surface area (Å²) < 4.78 is 0. The van der Waals surface area contributed by atoms with E-state index in [9.17, 15) is 4.79 Å². The molecule has 1 aliphatic rings. The van der Waals surface area contributed by atoms with E-state index in [4.69, 9.17) is 11.6 Å². The standard InChI is InChI=1S/C14H15ClN4O/c15-14-17-11-6-2-1-5-10(11)13(18-14)16-9-12(20)19-7-3-4-8-19/h1-2,5-6H,3-4,7-9H2,(H,16,17,18). The lowest BCUT2D eigenvalue weighted by molar-refractivity contribution is -0.128. The molecule has 6 heteroatoms. The maximum atomic E-state index is 12.0. The lowest BCUT2D eigenvalue weighted by atomic mass is 10.2. The molecule has 1 aromatic carbocycles. The van der Waals surface area contributed by atoms with E-state index in [0.29, 0.717) is 5.82 Å². The molecule has 2 heterocycles. The number of hydrogen-bond donors (Lipinski definition) is 1. The third-order valence-electron chi connectivity index (χ3n) is 3.44. The number of hydrogen-bond acceptors (Lipinski definition) is 4. The molecule has 1 fully saturated rings. The van der Waals surface area contributed by atoms with Gasteiger partial charge in [-0.15, -0.1) is 0 Å². The third kappa shape index (κ3) is 2.67. The largest absolute Gasteiger partial charge is 0.360 e. The molecule has 0 saturated carbocycles. The molecule has 0 aliphatic carbocycles. The van der Waals surface area contributed by atoms with E-state index in [0.717, 1.165) is 36.8 Å². The van der Waals surface area contributed by atoms with Crippen LogP contribution in [0.15, 0.2) is 24.3 Å². The fourth-order valence-electron chi connectivity index (χ4n) is 2.42. The molecule has 5 nitrogen and oxygen atoms in total. The van der Waals surface area contributed by atoms with Gasteiger partial charge < -0.3 is 10.2 Å². The number of carbonyl (C=O) groups is 1. The van der Waals surface area contributed by atoms with Crippen LogP contribution in [0.5, 0.6) is 0 Å². The van der Waals surface area contributed by atoms with E-state index in [1.807, 2.05) is 29.2 Å². The van der Waals surface area contributed by atoms with Gasteiger partial charge in [-0.3, -0.25) is 4.79 Å². The van der Waals surface area contributed by atoms with Gasteiger partial charge >= 0.3 is 0 Å². The number of amides is 1. The van der Waals surface area contributed by atoms with E-state index in [1.165, 1.54) is 0 Å². The van der Waals surface area contributed by atoms with Gasteiger partial charge in [0.2, 0.25) is 11.2 Å². The second kappa shape index (κ2) is 5.63. The topological polar surface area (TPSA) is 58.1 Å². The number of halogens is 1. The zero-order chi connectivity index (χ0) is 13.9. The summed E-state index contributed by atoms with van der Waals surface area (Å²) in [7, 11) is 0. The molecular weight excluding hydrogens is 276 g/mol. The van der Waals surface area contributed by atoms with Gasteiger partial charge in [0.05, 0.1) is 12.1 Å². The van der Waals surface area contributed by atoms with Crippen LogP contribution in [0.3, 0.4) is 0 Å². The Hall–Kier alpha value is -1.88. The van der Waals surface area contributed by atoms with Crippen molar-refractivity contribution < 1.29 is 4.79 Å². The van der Waals surface area contributed by atoms with Crippen molar-refractivity contribution in [1.29, 1.82) is 0 Å². The summed E-state index contributed by atoms with van der Waals surface area (Å²) in [5.41, 5.74) is 0.767. The molecule has 104 valence electrons. The number of anilines is 1. The molecule has 0 radical (unpaired) electrons. The smallest absolute Gasteiger partial charge is 0.241 e. The van der Waals surface area contributed by atoms with Crippen molar-refractivity contribution in [2.45, 2.75) is 12.8 Å². The minimum absolute atomic E-state index is 0.0984. The van der Waals surface area contributed by atoms with Crippen molar-refractivity contribution in [2.75, 3.05) is 25.0 Å². The fraction of sp³-hybridized carbons (Fsp3) is 0.357. The molecule has 2 aromatic rings. The van der Waals surface area contributed by atoms with Crippen molar-refractivity contribution in [3.8, 4) is 0 Å². The summed E-state index contributed by atoms with van der Waals surface area (Å²) in [6.45, 7) is 1.94. The highest BCUT2D eigenvalue weighted by atomic mass is 35.5.